The molecule has 8 heteroatoms. The van der Waals surface area contributed by atoms with Crippen LogP contribution in [0, 0.1) is 11.3 Å². The third kappa shape index (κ3) is 6.11. The number of carbonyl (C=O) groups is 2. The number of amides is 1. The number of esters is 1. The van der Waals surface area contributed by atoms with Crippen molar-refractivity contribution in [3.63, 3.8) is 0 Å². The molecule has 0 fully saturated rings. The molecule has 0 unspecified atom stereocenters. The van der Waals surface area contributed by atoms with Gasteiger partial charge in [-0.3, -0.25) is 4.79 Å². The second-order valence-electron chi connectivity index (χ2n) is 5.66. The number of halogens is 1. The maximum Gasteiger partial charge on any atom is 0.340 e. The first-order chi connectivity index (χ1) is 13.5. The highest BCUT2D eigenvalue weighted by molar-refractivity contribution is 6.30. The topological polar surface area (TPSA) is 104 Å². The van der Waals surface area contributed by atoms with Gasteiger partial charge >= 0.3 is 5.97 Å². The summed E-state index contributed by atoms with van der Waals surface area (Å²) in [6.07, 6.45) is 4.36. The lowest BCUT2D eigenvalue weighted by Crippen LogP contribution is -2.18. The number of ether oxygens (including phenoxy) is 1. The highest BCUT2D eigenvalue weighted by atomic mass is 35.5. The number of aromatic nitrogens is 1. The van der Waals surface area contributed by atoms with Gasteiger partial charge in [0.2, 0.25) is 0 Å². The number of hydrogen-bond acceptors (Lipinski definition) is 6. The van der Waals surface area contributed by atoms with Crippen molar-refractivity contribution < 1.29 is 14.3 Å². The van der Waals surface area contributed by atoms with Crippen molar-refractivity contribution >= 4 is 35.0 Å². The van der Waals surface area contributed by atoms with Crippen molar-refractivity contribution in [2.75, 3.05) is 17.2 Å². The summed E-state index contributed by atoms with van der Waals surface area (Å²) < 4.78 is 5.19. The van der Waals surface area contributed by atoms with Gasteiger partial charge in [-0.2, -0.15) is 5.26 Å². The summed E-state index contributed by atoms with van der Waals surface area (Å²) in [6, 6.07) is 11.4. The number of rotatable bonds is 8. The van der Waals surface area contributed by atoms with Crippen LogP contribution in [0.4, 0.5) is 11.5 Å². The molecule has 28 heavy (non-hydrogen) atoms. The third-order valence-electron chi connectivity index (χ3n) is 3.58. The maximum absolute atomic E-state index is 12.4. The fourth-order valence-electron chi connectivity index (χ4n) is 2.13. The van der Waals surface area contributed by atoms with E-state index < -0.39 is 11.9 Å². The first kappa shape index (κ1) is 20.9. The first-order valence-electron chi connectivity index (χ1n) is 8.61. The van der Waals surface area contributed by atoms with E-state index in [9.17, 15) is 14.9 Å². The number of hydrogen-bond donors (Lipinski definition) is 2. The molecule has 0 bridgehead atoms. The number of nitrogens with zero attached hydrogens (tertiary/aromatic N) is 2. The van der Waals surface area contributed by atoms with Crippen LogP contribution in [0.1, 0.15) is 30.1 Å². The molecule has 0 spiro atoms. The molecule has 2 aromatic rings. The van der Waals surface area contributed by atoms with E-state index in [0.717, 1.165) is 12.8 Å². The number of para-hydroxylation sites is 1. The summed E-state index contributed by atoms with van der Waals surface area (Å²) in [4.78, 5) is 28.7. The number of carbonyl (C=O) groups excluding carboxylic acids is 2. The fraction of sp³-hybridized carbons (Fsp3) is 0.200. The number of unbranched alkanes of at least 4 members (excludes halogenated alkanes) is 1. The van der Waals surface area contributed by atoms with E-state index in [0.29, 0.717) is 17.4 Å². The molecule has 1 amide bonds. The smallest absolute Gasteiger partial charge is 0.340 e. The van der Waals surface area contributed by atoms with E-state index in [2.05, 4.69) is 15.6 Å². The lowest BCUT2D eigenvalue weighted by Gasteiger charge is -2.10. The minimum absolute atomic E-state index is 0.198. The van der Waals surface area contributed by atoms with Crippen molar-refractivity contribution in [2.24, 2.45) is 0 Å². The van der Waals surface area contributed by atoms with Crippen LogP contribution in [0.15, 0.2) is 54.4 Å². The molecule has 0 aliphatic rings. The molecule has 144 valence electrons. The van der Waals surface area contributed by atoms with Crippen molar-refractivity contribution in [3.05, 3.63) is 65.0 Å². The Morgan fingerprint density at radius 1 is 1.32 bits per heavy atom. The first-order valence-corrected chi connectivity index (χ1v) is 8.98. The van der Waals surface area contributed by atoms with Crippen LogP contribution in [-0.2, 0) is 9.53 Å². The highest BCUT2D eigenvalue weighted by Gasteiger charge is 2.16. The van der Waals surface area contributed by atoms with E-state index in [1.165, 1.54) is 12.4 Å². The normalized spacial score (nSPS) is 10.7. The van der Waals surface area contributed by atoms with Gasteiger partial charge in [-0.15, -0.1) is 0 Å². The van der Waals surface area contributed by atoms with Crippen LogP contribution < -0.4 is 10.6 Å². The van der Waals surface area contributed by atoms with Crippen LogP contribution in [0.25, 0.3) is 0 Å². The van der Waals surface area contributed by atoms with Gasteiger partial charge in [0.1, 0.15) is 17.5 Å². The molecule has 0 aliphatic heterocycles. The molecule has 1 aromatic heterocycles. The van der Waals surface area contributed by atoms with Crippen molar-refractivity contribution in [1.29, 1.82) is 5.26 Å². The van der Waals surface area contributed by atoms with Gasteiger partial charge < -0.3 is 15.4 Å². The standard InChI is InChI=1S/C20H19ClN4O3/c1-2-3-10-28-20(27)16-6-4-5-7-17(16)25-19(26)14(12-22)13-24-18-11-15(21)8-9-23-18/h4-9,11,13H,2-3,10H2,1H3,(H,23,24)(H,25,26)/b14-13-. The van der Waals surface area contributed by atoms with E-state index in [4.69, 9.17) is 16.3 Å². The Bertz CT molecular complexity index is 922. The maximum atomic E-state index is 12.4. The number of nitrogens with one attached hydrogen (secondary N) is 2. The SMILES string of the molecule is CCCCOC(=O)c1ccccc1NC(=O)/C(C#N)=C\Nc1cc(Cl)ccn1. The van der Waals surface area contributed by atoms with Crippen LogP contribution in [-0.4, -0.2) is 23.5 Å². The Balaban J connectivity index is 2.11. The average Bonchev–Trinajstić information content (AvgIpc) is 2.69. The zero-order chi connectivity index (χ0) is 20.4. The Labute approximate surface area is 168 Å². The summed E-state index contributed by atoms with van der Waals surface area (Å²) in [5.74, 6) is -0.827. The summed E-state index contributed by atoms with van der Waals surface area (Å²) in [6.45, 7) is 2.29. The highest BCUT2D eigenvalue weighted by Crippen LogP contribution is 2.18. The molecule has 2 rings (SSSR count). The van der Waals surface area contributed by atoms with Gasteiger partial charge in [0.15, 0.2) is 0 Å². The van der Waals surface area contributed by atoms with Crippen LogP contribution in [0.2, 0.25) is 5.02 Å². The van der Waals surface area contributed by atoms with Gasteiger partial charge in [0, 0.05) is 17.4 Å². The minimum atomic E-state index is -0.675. The second kappa shape index (κ2) is 10.7. The summed E-state index contributed by atoms with van der Waals surface area (Å²) in [5.41, 5.74) is 0.278. The molecule has 0 aliphatic carbocycles. The molecule has 0 saturated heterocycles. The minimum Gasteiger partial charge on any atom is -0.462 e. The second-order valence-corrected chi connectivity index (χ2v) is 6.10. The zero-order valence-electron chi connectivity index (χ0n) is 15.2. The van der Waals surface area contributed by atoms with Gasteiger partial charge in [-0.25, -0.2) is 9.78 Å². The molecule has 1 aromatic carbocycles. The van der Waals surface area contributed by atoms with Crippen molar-refractivity contribution in [3.8, 4) is 6.07 Å². The Kier molecular flexibility index (Phi) is 8.00. The molecule has 2 N–H and O–H groups in total. The van der Waals surface area contributed by atoms with Crippen LogP contribution >= 0.6 is 11.6 Å². The monoisotopic (exact) mass is 398 g/mol. The van der Waals surface area contributed by atoms with E-state index in [1.54, 1.807) is 36.4 Å². The predicted molar refractivity (Wildman–Crippen MR) is 107 cm³/mol. The fourth-order valence-corrected chi connectivity index (χ4v) is 2.28. The van der Waals surface area contributed by atoms with E-state index >= 15 is 0 Å². The number of anilines is 2. The third-order valence-corrected chi connectivity index (χ3v) is 3.81. The van der Waals surface area contributed by atoms with Gasteiger partial charge in [-0.05, 0) is 30.7 Å². The van der Waals surface area contributed by atoms with E-state index in [-0.39, 0.29) is 16.8 Å². The summed E-state index contributed by atoms with van der Waals surface area (Å²) >= 11 is 5.87. The number of pyridine rings is 1. The quantitative estimate of drug-likeness (QED) is 0.299. The van der Waals surface area contributed by atoms with Crippen LogP contribution in [0.5, 0.6) is 0 Å². The molecule has 0 radical (unpaired) electrons. The van der Waals surface area contributed by atoms with E-state index in [1.807, 2.05) is 13.0 Å². The van der Waals surface area contributed by atoms with Gasteiger partial charge in [0.25, 0.3) is 5.91 Å². The molecule has 0 saturated carbocycles. The van der Waals surface area contributed by atoms with Gasteiger partial charge in [0.05, 0.1) is 17.9 Å². The molecular weight excluding hydrogens is 380 g/mol. The Morgan fingerprint density at radius 3 is 2.82 bits per heavy atom. The largest absolute Gasteiger partial charge is 0.462 e. The lowest BCUT2D eigenvalue weighted by atomic mass is 10.1. The summed E-state index contributed by atoms with van der Waals surface area (Å²) in [5, 5.41) is 15.0. The molecular formula is C20H19ClN4O3. The predicted octanol–water partition coefficient (Wildman–Crippen LogP) is 4.15. The molecule has 1 heterocycles. The Hall–Kier alpha value is -3.37. The lowest BCUT2D eigenvalue weighted by molar-refractivity contribution is -0.112. The summed E-state index contributed by atoms with van der Waals surface area (Å²) in [7, 11) is 0. The zero-order valence-corrected chi connectivity index (χ0v) is 16.0. The Morgan fingerprint density at radius 2 is 2.11 bits per heavy atom. The number of nitriles is 1. The number of benzene rings is 1. The van der Waals surface area contributed by atoms with Gasteiger partial charge in [-0.1, -0.05) is 37.1 Å². The van der Waals surface area contributed by atoms with Crippen LogP contribution in [0.3, 0.4) is 0 Å². The molecule has 7 nitrogen and oxygen atoms in total. The van der Waals surface area contributed by atoms with Crippen molar-refractivity contribution in [1.82, 2.24) is 4.98 Å². The molecule has 0 atom stereocenters. The van der Waals surface area contributed by atoms with Crippen molar-refractivity contribution in [2.45, 2.75) is 19.8 Å². The average molecular weight is 399 g/mol.